The van der Waals surface area contributed by atoms with Crippen LogP contribution in [-0.4, -0.2) is 4.98 Å². The molecule has 0 saturated heterocycles. The lowest BCUT2D eigenvalue weighted by Crippen LogP contribution is -2.10. The van der Waals surface area contributed by atoms with E-state index in [1.807, 2.05) is 6.07 Å². The Hall–Kier alpha value is -2.93. The van der Waals surface area contributed by atoms with Gasteiger partial charge in [0.1, 0.15) is 0 Å². The third kappa shape index (κ3) is 3.50. The Bertz CT molecular complexity index is 1080. The van der Waals surface area contributed by atoms with Crippen LogP contribution in [0.25, 0.3) is 33.3 Å². The molecule has 0 aliphatic rings. The number of hydrogen-bond acceptors (Lipinski definition) is 1. The topological polar surface area (TPSA) is 12.9 Å². The highest BCUT2D eigenvalue weighted by molar-refractivity contribution is 5.97. The molecule has 4 rings (SSSR count). The van der Waals surface area contributed by atoms with Crippen molar-refractivity contribution in [1.82, 2.24) is 4.98 Å². The summed E-state index contributed by atoms with van der Waals surface area (Å²) in [5, 5.41) is 1.21. The van der Waals surface area contributed by atoms with Gasteiger partial charge in [-0.3, -0.25) is 0 Å². The monoisotopic (exact) mass is 351 g/mol. The van der Waals surface area contributed by atoms with Crippen LogP contribution in [0.4, 0.5) is 0 Å². The second kappa shape index (κ2) is 6.66. The first-order chi connectivity index (χ1) is 12.9. The van der Waals surface area contributed by atoms with Gasteiger partial charge in [0.05, 0.1) is 11.2 Å². The fourth-order valence-corrected chi connectivity index (χ4v) is 3.49. The highest BCUT2D eigenvalue weighted by Gasteiger charge is 2.14. The van der Waals surface area contributed by atoms with Crippen molar-refractivity contribution < 1.29 is 0 Å². The van der Waals surface area contributed by atoms with Gasteiger partial charge in [0.2, 0.25) is 0 Å². The zero-order chi connectivity index (χ0) is 19.0. The summed E-state index contributed by atoms with van der Waals surface area (Å²) in [5.74, 6) is 0. The van der Waals surface area contributed by atoms with Crippen molar-refractivity contribution in [2.75, 3.05) is 0 Å². The number of aromatic nitrogens is 1. The third-order valence-electron chi connectivity index (χ3n) is 5.10. The average Bonchev–Trinajstić information content (AvgIpc) is 2.67. The van der Waals surface area contributed by atoms with E-state index in [1.165, 1.54) is 27.6 Å². The molecule has 0 aliphatic carbocycles. The van der Waals surface area contributed by atoms with Gasteiger partial charge in [0, 0.05) is 10.9 Å². The molecule has 134 valence electrons. The van der Waals surface area contributed by atoms with Crippen LogP contribution in [0.15, 0.2) is 78.9 Å². The fraction of sp³-hybridized carbons (Fsp3) is 0.192. The molecule has 0 saturated carbocycles. The van der Waals surface area contributed by atoms with Crippen molar-refractivity contribution in [3.63, 3.8) is 0 Å². The van der Waals surface area contributed by atoms with Crippen molar-refractivity contribution >= 4 is 10.9 Å². The van der Waals surface area contributed by atoms with Crippen LogP contribution in [0, 0.1) is 6.92 Å². The average molecular weight is 351 g/mol. The summed E-state index contributed by atoms with van der Waals surface area (Å²) in [6.45, 7) is 8.89. The lowest BCUT2D eigenvalue weighted by molar-refractivity contribution is 0.590. The molecule has 1 aromatic heterocycles. The second-order valence-electron chi connectivity index (χ2n) is 8.27. The molecule has 0 spiro atoms. The first-order valence-electron chi connectivity index (χ1n) is 9.49. The molecular weight excluding hydrogens is 326 g/mol. The lowest BCUT2D eigenvalue weighted by Gasteiger charge is -2.19. The normalized spacial score (nSPS) is 11.7. The molecule has 0 radical (unpaired) electrons. The zero-order valence-electron chi connectivity index (χ0n) is 16.5. The maximum absolute atomic E-state index is 4.93. The van der Waals surface area contributed by atoms with Crippen molar-refractivity contribution in [2.24, 2.45) is 0 Å². The fourth-order valence-electron chi connectivity index (χ4n) is 3.49. The van der Waals surface area contributed by atoms with Crippen LogP contribution in [0.5, 0.6) is 0 Å². The molecular formula is C26H25N. The summed E-state index contributed by atoms with van der Waals surface area (Å²) in [5.41, 5.74) is 8.44. The van der Waals surface area contributed by atoms with Crippen LogP contribution >= 0.6 is 0 Å². The molecule has 1 nitrogen and oxygen atoms in total. The van der Waals surface area contributed by atoms with E-state index < -0.39 is 0 Å². The molecule has 27 heavy (non-hydrogen) atoms. The molecule has 1 heterocycles. The van der Waals surface area contributed by atoms with Gasteiger partial charge in [0.25, 0.3) is 0 Å². The van der Waals surface area contributed by atoms with Crippen LogP contribution in [0.2, 0.25) is 0 Å². The number of rotatable bonds is 2. The Labute approximate surface area is 161 Å². The lowest BCUT2D eigenvalue weighted by atomic mass is 9.86. The Morgan fingerprint density at radius 2 is 1.41 bits per heavy atom. The van der Waals surface area contributed by atoms with E-state index in [0.717, 1.165) is 16.8 Å². The minimum Gasteiger partial charge on any atom is -0.248 e. The Morgan fingerprint density at radius 1 is 0.704 bits per heavy atom. The predicted molar refractivity (Wildman–Crippen MR) is 116 cm³/mol. The van der Waals surface area contributed by atoms with Gasteiger partial charge in [-0.2, -0.15) is 0 Å². The number of benzene rings is 3. The summed E-state index contributed by atoms with van der Waals surface area (Å²) in [7, 11) is 0. The van der Waals surface area contributed by atoms with Crippen molar-refractivity contribution in [3.05, 3.63) is 90.0 Å². The standard InChI is InChI=1S/C26H25N/c1-18-10-15-24-23(16-18)22(17-25(27-24)20-8-6-5-7-9-20)19-11-13-21(14-12-19)26(2,3)4/h5-17H,1-4H3. The van der Waals surface area contributed by atoms with Crippen molar-refractivity contribution in [1.29, 1.82) is 0 Å². The molecule has 0 N–H and O–H groups in total. The number of hydrogen-bond donors (Lipinski definition) is 0. The van der Waals surface area contributed by atoms with E-state index >= 15 is 0 Å². The number of aryl methyl sites for hydroxylation is 1. The quantitative estimate of drug-likeness (QED) is 0.373. The molecule has 3 aromatic carbocycles. The zero-order valence-corrected chi connectivity index (χ0v) is 16.5. The van der Waals surface area contributed by atoms with Gasteiger partial charge in [-0.25, -0.2) is 4.98 Å². The van der Waals surface area contributed by atoms with E-state index in [1.54, 1.807) is 0 Å². The number of nitrogens with zero attached hydrogens (tertiary/aromatic N) is 1. The van der Waals surface area contributed by atoms with E-state index in [0.29, 0.717) is 0 Å². The Kier molecular flexibility index (Phi) is 4.31. The SMILES string of the molecule is Cc1ccc2nc(-c3ccccc3)cc(-c3ccc(C(C)(C)C)cc3)c2c1. The van der Waals surface area contributed by atoms with Crippen LogP contribution in [0.1, 0.15) is 31.9 Å². The first kappa shape index (κ1) is 17.5. The maximum atomic E-state index is 4.93. The second-order valence-corrected chi connectivity index (χ2v) is 8.27. The van der Waals surface area contributed by atoms with Gasteiger partial charge in [-0.15, -0.1) is 0 Å². The van der Waals surface area contributed by atoms with Gasteiger partial charge in [-0.1, -0.05) is 87.0 Å². The number of pyridine rings is 1. The minimum atomic E-state index is 0.157. The molecule has 1 heteroatoms. The van der Waals surface area contributed by atoms with Crippen LogP contribution in [-0.2, 0) is 5.41 Å². The van der Waals surface area contributed by atoms with E-state index in [4.69, 9.17) is 4.98 Å². The van der Waals surface area contributed by atoms with E-state index in [9.17, 15) is 0 Å². The largest absolute Gasteiger partial charge is 0.248 e. The van der Waals surface area contributed by atoms with Gasteiger partial charge >= 0.3 is 0 Å². The summed E-state index contributed by atoms with van der Waals surface area (Å²) in [6.07, 6.45) is 0. The maximum Gasteiger partial charge on any atom is 0.0715 e. The van der Waals surface area contributed by atoms with Crippen LogP contribution < -0.4 is 0 Å². The summed E-state index contributed by atoms with van der Waals surface area (Å²) in [4.78, 5) is 4.93. The summed E-state index contributed by atoms with van der Waals surface area (Å²) in [6, 6.07) is 28.1. The summed E-state index contributed by atoms with van der Waals surface area (Å²) >= 11 is 0. The smallest absolute Gasteiger partial charge is 0.0715 e. The van der Waals surface area contributed by atoms with Crippen LogP contribution in [0.3, 0.4) is 0 Å². The molecule has 0 unspecified atom stereocenters. The molecule has 0 atom stereocenters. The predicted octanol–water partition coefficient (Wildman–Crippen LogP) is 7.17. The van der Waals surface area contributed by atoms with Gasteiger partial charge < -0.3 is 0 Å². The number of fused-ring (bicyclic) bond motifs is 1. The molecule has 0 bridgehead atoms. The Balaban J connectivity index is 1.93. The minimum absolute atomic E-state index is 0.157. The van der Waals surface area contributed by atoms with E-state index in [2.05, 4.69) is 100 Å². The highest BCUT2D eigenvalue weighted by atomic mass is 14.7. The Morgan fingerprint density at radius 3 is 2.07 bits per heavy atom. The van der Waals surface area contributed by atoms with Gasteiger partial charge in [-0.05, 0) is 47.2 Å². The van der Waals surface area contributed by atoms with Crippen molar-refractivity contribution in [3.8, 4) is 22.4 Å². The molecule has 0 amide bonds. The van der Waals surface area contributed by atoms with E-state index in [-0.39, 0.29) is 5.41 Å². The summed E-state index contributed by atoms with van der Waals surface area (Å²) < 4.78 is 0. The third-order valence-corrected chi connectivity index (χ3v) is 5.10. The molecule has 0 fully saturated rings. The highest BCUT2D eigenvalue weighted by Crippen LogP contribution is 2.34. The first-order valence-corrected chi connectivity index (χ1v) is 9.49. The molecule has 4 aromatic rings. The van der Waals surface area contributed by atoms with Crippen molar-refractivity contribution in [2.45, 2.75) is 33.1 Å². The molecule has 0 aliphatic heterocycles. The van der Waals surface area contributed by atoms with Gasteiger partial charge in [0.15, 0.2) is 0 Å².